The van der Waals surface area contributed by atoms with Crippen LogP contribution in [0, 0.1) is 0 Å². The van der Waals surface area contributed by atoms with Crippen LogP contribution in [0.15, 0.2) is 24.3 Å². The fourth-order valence-electron chi connectivity index (χ4n) is 1.51. The van der Waals surface area contributed by atoms with Gasteiger partial charge in [0.25, 0.3) is 0 Å². The molecule has 1 rings (SSSR count). The molecule has 1 N–H and O–H groups in total. The highest BCUT2D eigenvalue weighted by molar-refractivity contribution is 6.32. The third-order valence-corrected chi connectivity index (χ3v) is 2.63. The van der Waals surface area contributed by atoms with Gasteiger partial charge in [-0.15, -0.1) is 0 Å². The lowest BCUT2D eigenvalue weighted by atomic mass is 10.3. The molecule has 0 radical (unpaired) electrons. The van der Waals surface area contributed by atoms with E-state index in [1.165, 1.54) is 0 Å². The number of nitrogens with zero attached hydrogens (tertiary/aromatic N) is 1. The van der Waals surface area contributed by atoms with Crippen molar-refractivity contribution in [2.45, 2.75) is 6.18 Å². The van der Waals surface area contributed by atoms with Crippen molar-refractivity contribution < 1.29 is 23.0 Å². The van der Waals surface area contributed by atoms with E-state index < -0.39 is 12.7 Å². The number of alkyl halides is 3. The highest BCUT2D eigenvalue weighted by atomic mass is 35.5. The largest absolute Gasteiger partial charge is 0.491 e. The minimum absolute atomic E-state index is 0.0502. The average Bonchev–Trinajstić information content (AvgIpc) is 2.30. The van der Waals surface area contributed by atoms with Crippen molar-refractivity contribution in [2.75, 3.05) is 32.8 Å². The van der Waals surface area contributed by atoms with Gasteiger partial charge in [0, 0.05) is 13.1 Å². The highest BCUT2D eigenvalue weighted by Gasteiger charge is 2.30. The second kappa shape index (κ2) is 7.57. The quantitative estimate of drug-likeness (QED) is 0.839. The highest BCUT2D eigenvalue weighted by Crippen LogP contribution is 2.23. The summed E-state index contributed by atoms with van der Waals surface area (Å²) in [5, 5.41) is 9.13. The number of benzene rings is 1. The zero-order chi connectivity index (χ0) is 14.3. The second-order valence-corrected chi connectivity index (χ2v) is 4.30. The SMILES string of the molecule is OCCN(CCOc1ccccc1Cl)CC(F)(F)F. The smallest absolute Gasteiger partial charge is 0.401 e. The Balaban J connectivity index is 2.42. The molecule has 0 aliphatic rings. The fourth-order valence-corrected chi connectivity index (χ4v) is 1.70. The molecule has 0 aliphatic heterocycles. The maximum atomic E-state index is 12.3. The normalized spacial score (nSPS) is 11.9. The minimum Gasteiger partial charge on any atom is -0.491 e. The lowest BCUT2D eigenvalue weighted by Gasteiger charge is -2.22. The van der Waals surface area contributed by atoms with Crippen LogP contribution in [-0.4, -0.2) is 49.0 Å². The second-order valence-electron chi connectivity index (χ2n) is 3.89. The molecule has 0 aliphatic carbocycles. The van der Waals surface area contributed by atoms with Crippen molar-refractivity contribution >= 4 is 11.6 Å². The van der Waals surface area contributed by atoms with Gasteiger partial charge in [0.2, 0.25) is 0 Å². The molecule has 7 heteroatoms. The Bertz CT molecular complexity index is 387. The molecule has 0 atom stereocenters. The monoisotopic (exact) mass is 297 g/mol. The van der Waals surface area contributed by atoms with Crippen LogP contribution in [0.5, 0.6) is 5.75 Å². The maximum Gasteiger partial charge on any atom is 0.401 e. The number of aliphatic hydroxyl groups excluding tert-OH is 1. The number of halogens is 4. The Labute approximate surface area is 114 Å². The molecule has 0 bridgehead atoms. The summed E-state index contributed by atoms with van der Waals surface area (Å²) < 4.78 is 42.1. The van der Waals surface area contributed by atoms with Crippen molar-refractivity contribution in [3.63, 3.8) is 0 Å². The van der Waals surface area contributed by atoms with Gasteiger partial charge in [-0.05, 0) is 12.1 Å². The van der Waals surface area contributed by atoms with E-state index in [-0.39, 0.29) is 26.3 Å². The molecular weight excluding hydrogens is 283 g/mol. The summed E-state index contributed by atoms with van der Waals surface area (Å²) in [5.41, 5.74) is 0. The van der Waals surface area contributed by atoms with Crippen LogP contribution >= 0.6 is 11.6 Å². The Morgan fingerprint density at radius 3 is 2.47 bits per heavy atom. The maximum absolute atomic E-state index is 12.3. The van der Waals surface area contributed by atoms with Crippen LogP contribution in [0.4, 0.5) is 13.2 Å². The van der Waals surface area contributed by atoms with Crippen LogP contribution in [0.2, 0.25) is 5.02 Å². The van der Waals surface area contributed by atoms with Gasteiger partial charge in [0.05, 0.1) is 18.2 Å². The Hall–Kier alpha value is -0.980. The molecular formula is C12H15ClF3NO2. The van der Waals surface area contributed by atoms with Crippen molar-refractivity contribution in [2.24, 2.45) is 0 Å². The first-order chi connectivity index (χ1) is 8.92. The van der Waals surface area contributed by atoms with Crippen molar-refractivity contribution in [3.05, 3.63) is 29.3 Å². The summed E-state index contributed by atoms with van der Waals surface area (Å²) in [4.78, 5) is 1.08. The van der Waals surface area contributed by atoms with Crippen molar-refractivity contribution in [1.82, 2.24) is 4.90 Å². The molecule has 0 amide bonds. The third kappa shape index (κ3) is 6.66. The predicted molar refractivity (Wildman–Crippen MR) is 66.5 cm³/mol. The minimum atomic E-state index is -4.29. The van der Waals surface area contributed by atoms with Gasteiger partial charge in [-0.3, -0.25) is 4.90 Å². The van der Waals surface area contributed by atoms with E-state index in [2.05, 4.69) is 0 Å². The first-order valence-corrected chi connectivity index (χ1v) is 6.07. The zero-order valence-corrected chi connectivity index (χ0v) is 10.9. The van der Waals surface area contributed by atoms with Gasteiger partial charge in [-0.25, -0.2) is 0 Å². The number of para-hydroxylation sites is 1. The molecule has 3 nitrogen and oxygen atoms in total. The van der Waals surface area contributed by atoms with E-state index in [9.17, 15) is 13.2 Å². The summed E-state index contributed by atoms with van der Waals surface area (Å²) in [5.74, 6) is 0.431. The average molecular weight is 298 g/mol. The van der Waals surface area contributed by atoms with E-state index in [4.69, 9.17) is 21.4 Å². The fraction of sp³-hybridized carbons (Fsp3) is 0.500. The molecule has 0 saturated carbocycles. The Morgan fingerprint density at radius 2 is 1.89 bits per heavy atom. The van der Waals surface area contributed by atoms with Crippen LogP contribution in [0.1, 0.15) is 0 Å². The van der Waals surface area contributed by atoms with E-state index in [0.717, 1.165) is 4.90 Å². The number of aliphatic hydroxyl groups is 1. The number of hydrogen-bond acceptors (Lipinski definition) is 3. The van der Waals surface area contributed by atoms with Gasteiger partial charge in [0.15, 0.2) is 0 Å². The standard InChI is InChI=1S/C12H15ClF3NO2/c13-10-3-1-2-4-11(10)19-8-6-17(5-7-18)9-12(14,15)16/h1-4,18H,5-9H2. The molecule has 108 valence electrons. The Morgan fingerprint density at radius 1 is 1.21 bits per heavy atom. The van der Waals surface area contributed by atoms with Crippen molar-refractivity contribution in [1.29, 1.82) is 0 Å². The number of rotatable bonds is 7. The van der Waals surface area contributed by atoms with E-state index in [1.54, 1.807) is 24.3 Å². The molecule has 0 heterocycles. The van der Waals surface area contributed by atoms with Crippen molar-refractivity contribution in [3.8, 4) is 5.75 Å². The zero-order valence-electron chi connectivity index (χ0n) is 10.2. The summed E-state index contributed by atoms with van der Waals surface area (Å²) in [7, 11) is 0. The van der Waals surface area contributed by atoms with Gasteiger partial charge in [-0.1, -0.05) is 23.7 Å². The van der Waals surface area contributed by atoms with Crippen LogP contribution < -0.4 is 4.74 Å². The summed E-state index contributed by atoms with van der Waals surface area (Å²) in [6, 6.07) is 6.74. The van der Waals surface area contributed by atoms with E-state index in [1.807, 2.05) is 0 Å². The Kier molecular flexibility index (Phi) is 6.41. The van der Waals surface area contributed by atoms with Crippen LogP contribution in [0.3, 0.4) is 0 Å². The molecule has 0 spiro atoms. The molecule has 19 heavy (non-hydrogen) atoms. The summed E-state index contributed by atoms with van der Waals surface area (Å²) >= 11 is 5.85. The molecule has 0 fully saturated rings. The third-order valence-electron chi connectivity index (χ3n) is 2.32. The summed E-state index contributed by atoms with van der Waals surface area (Å²) in [6.07, 6.45) is -4.29. The van der Waals surface area contributed by atoms with E-state index >= 15 is 0 Å². The van der Waals surface area contributed by atoms with Gasteiger partial charge >= 0.3 is 6.18 Å². The van der Waals surface area contributed by atoms with Gasteiger partial charge in [-0.2, -0.15) is 13.2 Å². The molecule has 0 unspecified atom stereocenters. The van der Waals surface area contributed by atoms with Crippen LogP contribution in [-0.2, 0) is 0 Å². The van der Waals surface area contributed by atoms with Gasteiger partial charge in [0.1, 0.15) is 12.4 Å². The number of hydrogen-bond donors (Lipinski definition) is 1. The number of ether oxygens (including phenoxy) is 1. The first kappa shape index (κ1) is 16.1. The molecule has 1 aromatic rings. The molecule has 0 saturated heterocycles. The topological polar surface area (TPSA) is 32.7 Å². The summed E-state index contributed by atoms with van der Waals surface area (Å²) in [6.45, 7) is -1.32. The lowest BCUT2D eigenvalue weighted by Crippen LogP contribution is -2.38. The first-order valence-electron chi connectivity index (χ1n) is 5.69. The molecule has 0 aromatic heterocycles. The van der Waals surface area contributed by atoms with E-state index in [0.29, 0.717) is 10.8 Å². The molecule has 1 aromatic carbocycles. The van der Waals surface area contributed by atoms with Gasteiger partial charge < -0.3 is 9.84 Å². The predicted octanol–water partition coefficient (Wildman–Crippen LogP) is 2.58. The lowest BCUT2D eigenvalue weighted by molar-refractivity contribution is -0.147. The van der Waals surface area contributed by atoms with Crippen LogP contribution in [0.25, 0.3) is 0 Å².